The molecule has 0 heterocycles. The molecule has 0 aromatic heterocycles. The van der Waals surface area contributed by atoms with Crippen LogP contribution in [0.15, 0.2) is 0 Å². The summed E-state index contributed by atoms with van der Waals surface area (Å²) < 4.78 is -1.41. The Hall–Kier alpha value is 1.16. The summed E-state index contributed by atoms with van der Waals surface area (Å²) in [6.45, 7) is 9.69. The Morgan fingerprint density at radius 1 is 0.524 bits per heavy atom. The summed E-state index contributed by atoms with van der Waals surface area (Å²) >= 11 is 2.99. The second-order valence-corrected chi connectivity index (χ2v) is 22.2. The predicted molar refractivity (Wildman–Crippen MR) is 114 cm³/mol. The van der Waals surface area contributed by atoms with Crippen molar-refractivity contribution in [1.29, 1.82) is 0 Å². The minimum absolute atomic E-state index is 1.37. The van der Waals surface area contributed by atoms with Gasteiger partial charge in [0.2, 0.25) is 0 Å². The molecule has 0 bridgehead atoms. The number of unbranched alkanes of at least 4 members (excludes halogenated alkanes) is 9. The molecule has 0 fully saturated rings. The van der Waals surface area contributed by atoms with Gasteiger partial charge in [-0.25, -0.2) is 0 Å². The molecule has 0 radical (unpaired) electrons. The van der Waals surface area contributed by atoms with Gasteiger partial charge in [-0.1, -0.05) is 0 Å². The molecule has 0 N–H and O–H groups in total. The van der Waals surface area contributed by atoms with E-state index in [4.69, 9.17) is 0 Å². The summed E-state index contributed by atoms with van der Waals surface area (Å²) in [5.41, 5.74) is 0. The summed E-state index contributed by atoms with van der Waals surface area (Å²) in [5.74, 6) is 0. The Morgan fingerprint density at radius 2 is 0.810 bits per heavy atom. The summed E-state index contributed by atoms with van der Waals surface area (Å²) in [6.07, 6.45) is 22.0. The molecule has 0 unspecified atom stereocenters. The zero-order chi connectivity index (χ0) is 16.1. The van der Waals surface area contributed by atoms with Gasteiger partial charge in [-0.3, -0.25) is 0 Å². The van der Waals surface area contributed by atoms with Crippen LogP contribution in [0.5, 0.6) is 0 Å². The number of halogens is 1. The first kappa shape index (κ1) is 22.2. The van der Waals surface area contributed by atoms with Gasteiger partial charge >= 0.3 is 149 Å². The third-order valence-corrected chi connectivity index (χ3v) is 13.9. The fourth-order valence-electron chi connectivity index (χ4n) is 3.28. The van der Waals surface area contributed by atoms with E-state index in [1.807, 2.05) is 0 Å². The number of rotatable bonds is 15. The van der Waals surface area contributed by atoms with Crippen molar-refractivity contribution >= 4 is 26.3 Å². The standard InChI is InChI=1S/C19H42IP/c1-5-8-11-14-17-21(4,20,18-15-12-9-6-2)19-16-13-10-7-3/h5-19H2,1-4H3. The van der Waals surface area contributed by atoms with E-state index in [0.29, 0.717) is 0 Å². The van der Waals surface area contributed by atoms with Crippen LogP contribution in [0.3, 0.4) is 0 Å². The van der Waals surface area contributed by atoms with Crippen molar-refractivity contribution in [3.8, 4) is 0 Å². The zero-order valence-electron chi connectivity index (χ0n) is 15.4. The molecular formula is C19H42IP. The third-order valence-electron chi connectivity index (χ3n) is 4.91. The van der Waals surface area contributed by atoms with Crippen molar-refractivity contribution in [3.05, 3.63) is 0 Å². The average molecular weight is 428 g/mol. The molecule has 0 saturated heterocycles. The quantitative estimate of drug-likeness (QED) is 0.140. The van der Waals surface area contributed by atoms with Gasteiger partial charge in [0.15, 0.2) is 0 Å². The minimum atomic E-state index is -1.41. The molecule has 130 valence electrons. The summed E-state index contributed by atoms with van der Waals surface area (Å²) in [7, 11) is 0. The summed E-state index contributed by atoms with van der Waals surface area (Å²) in [6, 6.07) is 0. The fourth-order valence-corrected chi connectivity index (χ4v) is 10.3. The van der Waals surface area contributed by atoms with Gasteiger partial charge in [0.05, 0.1) is 0 Å². The first-order valence-electron chi connectivity index (χ1n) is 9.69. The predicted octanol–water partition coefficient (Wildman–Crippen LogP) is 8.26. The molecule has 0 aliphatic carbocycles. The van der Waals surface area contributed by atoms with Gasteiger partial charge in [-0.05, 0) is 0 Å². The molecule has 0 aliphatic rings. The number of hydrogen-bond acceptors (Lipinski definition) is 0. The van der Waals surface area contributed by atoms with E-state index >= 15 is 0 Å². The van der Waals surface area contributed by atoms with Crippen LogP contribution in [-0.4, -0.2) is 25.2 Å². The number of hydrogen-bond donors (Lipinski definition) is 0. The average Bonchev–Trinajstić information content (AvgIpc) is 2.45. The second-order valence-electron chi connectivity index (χ2n) is 7.50. The topological polar surface area (TPSA) is 0 Å². The Bertz CT molecular complexity index is 200. The summed E-state index contributed by atoms with van der Waals surface area (Å²) in [5, 5.41) is 0. The maximum atomic E-state index is 2.99. The van der Waals surface area contributed by atoms with Gasteiger partial charge in [-0.2, -0.15) is 0 Å². The monoisotopic (exact) mass is 428 g/mol. The van der Waals surface area contributed by atoms with Crippen molar-refractivity contribution in [2.24, 2.45) is 0 Å². The van der Waals surface area contributed by atoms with Crippen molar-refractivity contribution in [3.63, 3.8) is 0 Å². The van der Waals surface area contributed by atoms with Crippen molar-refractivity contribution in [2.75, 3.05) is 25.2 Å². The van der Waals surface area contributed by atoms with E-state index in [9.17, 15) is 0 Å². The van der Waals surface area contributed by atoms with E-state index in [0.717, 1.165) is 0 Å². The van der Waals surface area contributed by atoms with Crippen LogP contribution in [0, 0.1) is 0 Å². The molecule has 0 aromatic rings. The fraction of sp³-hybridized carbons (Fsp3) is 1.00. The molecule has 0 spiro atoms. The Balaban J connectivity index is 4.32. The summed E-state index contributed by atoms with van der Waals surface area (Å²) in [4.78, 5) is 0. The van der Waals surface area contributed by atoms with Crippen LogP contribution in [0.2, 0.25) is 0 Å². The molecule has 0 aromatic carbocycles. The molecular weight excluding hydrogens is 386 g/mol. The molecule has 0 amide bonds. The SMILES string of the molecule is CCCCCCP(C)(I)(CCCCCC)CCCCCC. The van der Waals surface area contributed by atoms with E-state index in [1.54, 1.807) is 18.5 Å². The van der Waals surface area contributed by atoms with Gasteiger partial charge in [0, 0.05) is 0 Å². The van der Waals surface area contributed by atoms with E-state index in [-0.39, 0.29) is 0 Å². The third kappa shape index (κ3) is 12.3. The van der Waals surface area contributed by atoms with Gasteiger partial charge < -0.3 is 0 Å². The first-order valence-corrected chi connectivity index (χ1v) is 15.7. The molecule has 2 heteroatoms. The van der Waals surface area contributed by atoms with Gasteiger partial charge in [0.1, 0.15) is 0 Å². The molecule has 0 saturated carbocycles. The van der Waals surface area contributed by atoms with Crippen molar-refractivity contribution in [1.82, 2.24) is 0 Å². The van der Waals surface area contributed by atoms with Crippen molar-refractivity contribution < 1.29 is 0 Å². The molecule has 0 rings (SSSR count). The van der Waals surface area contributed by atoms with Crippen molar-refractivity contribution in [2.45, 2.75) is 97.8 Å². The van der Waals surface area contributed by atoms with Crippen LogP contribution in [0.25, 0.3) is 0 Å². The Labute approximate surface area is 149 Å². The molecule has 0 aliphatic heterocycles. The van der Waals surface area contributed by atoms with Crippen LogP contribution >= 0.6 is 26.3 Å². The van der Waals surface area contributed by atoms with E-state index in [2.05, 4.69) is 49.5 Å². The Kier molecular flexibility index (Phi) is 13.3. The van der Waals surface area contributed by atoms with Gasteiger partial charge in [-0.15, -0.1) is 0 Å². The maximum absolute atomic E-state index is 2.99. The van der Waals surface area contributed by atoms with Crippen LogP contribution in [0.1, 0.15) is 97.8 Å². The normalized spacial score (nSPS) is 14.0. The molecule has 0 atom stereocenters. The van der Waals surface area contributed by atoms with Crippen LogP contribution < -0.4 is 0 Å². The zero-order valence-corrected chi connectivity index (χ0v) is 18.5. The van der Waals surface area contributed by atoms with Crippen LogP contribution in [-0.2, 0) is 0 Å². The first-order chi connectivity index (χ1) is 9.96. The van der Waals surface area contributed by atoms with E-state index < -0.39 is 4.25 Å². The van der Waals surface area contributed by atoms with Gasteiger partial charge in [0.25, 0.3) is 0 Å². The van der Waals surface area contributed by atoms with Crippen LogP contribution in [0.4, 0.5) is 0 Å². The molecule has 0 nitrogen and oxygen atoms in total. The molecule has 21 heavy (non-hydrogen) atoms. The van der Waals surface area contributed by atoms with E-state index in [1.165, 1.54) is 77.0 Å². The Morgan fingerprint density at radius 3 is 1.05 bits per heavy atom. The second kappa shape index (κ2) is 12.6.